The molecule has 0 unspecified atom stereocenters. The number of rotatable bonds is 19. The van der Waals surface area contributed by atoms with E-state index in [1.165, 1.54) is 96.7 Å². The van der Waals surface area contributed by atoms with Crippen molar-refractivity contribution in [2.24, 2.45) is 0 Å². The molecule has 0 atom stereocenters. The van der Waals surface area contributed by atoms with Crippen LogP contribution in [0.1, 0.15) is 105 Å². The van der Waals surface area contributed by atoms with Crippen LogP contribution in [0.25, 0.3) is 0 Å². The van der Waals surface area contributed by atoms with Crippen molar-refractivity contribution in [3.05, 3.63) is 12.2 Å². The van der Waals surface area contributed by atoms with Gasteiger partial charge in [0, 0.05) is 5.57 Å². The molecule has 0 spiro atoms. The van der Waals surface area contributed by atoms with Gasteiger partial charge in [-0.1, -0.05) is 65.9 Å². The summed E-state index contributed by atoms with van der Waals surface area (Å²) < 4.78 is 6.63. The molecule has 3 heteroatoms. The lowest BCUT2D eigenvalue weighted by Gasteiger charge is -2.39. The van der Waals surface area contributed by atoms with Crippen LogP contribution in [0.5, 0.6) is 0 Å². The first-order chi connectivity index (χ1) is 13.0. The average Bonchev–Trinajstić information content (AvgIpc) is 2.65. The molecule has 0 aromatic rings. The Kier molecular flexibility index (Phi) is 16.7. The zero-order valence-corrected chi connectivity index (χ0v) is 19.0. The molecule has 0 bridgehead atoms. The highest BCUT2D eigenvalue weighted by Crippen LogP contribution is 2.17. The van der Waals surface area contributed by atoms with Crippen LogP contribution < -0.4 is 0 Å². The molecule has 0 heterocycles. The maximum Gasteiger partial charge on any atom is 0.333 e. The van der Waals surface area contributed by atoms with Crippen molar-refractivity contribution in [1.29, 1.82) is 0 Å². The maximum atomic E-state index is 11.8. The Hall–Kier alpha value is -0.830. The Balaban J connectivity index is 4.85. The highest BCUT2D eigenvalue weighted by Gasteiger charge is 2.26. The van der Waals surface area contributed by atoms with Crippen LogP contribution in [0.15, 0.2) is 12.2 Å². The minimum atomic E-state index is -0.240. The van der Waals surface area contributed by atoms with Gasteiger partial charge in [0.15, 0.2) is 0 Å². The molecule has 3 nitrogen and oxygen atoms in total. The molecule has 0 fully saturated rings. The summed E-state index contributed by atoms with van der Waals surface area (Å²) in [5.74, 6) is -0.240. The van der Waals surface area contributed by atoms with E-state index in [1.807, 2.05) is 0 Å². The van der Waals surface area contributed by atoms with Gasteiger partial charge >= 0.3 is 5.97 Å². The smallest absolute Gasteiger partial charge is 0.333 e. The minimum absolute atomic E-state index is 0.240. The Bertz CT molecular complexity index is 347. The zero-order valence-electron chi connectivity index (χ0n) is 19.0. The third kappa shape index (κ3) is 13.9. The molecule has 0 aliphatic heterocycles. The molecular formula is C24H48NO2+. The Morgan fingerprint density at radius 3 is 1.44 bits per heavy atom. The van der Waals surface area contributed by atoms with E-state index in [9.17, 15) is 4.79 Å². The predicted octanol–water partition coefficient (Wildman–Crippen LogP) is 6.66. The van der Waals surface area contributed by atoms with Gasteiger partial charge in [-0.25, -0.2) is 4.79 Å². The second-order valence-corrected chi connectivity index (χ2v) is 8.33. The topological polar surface area (TPSA) is 26.3 Å². The zero-order chi connectivity index (χ0) is 20.4. The molecule has 0 aliphatic carbocycles. The summed E-state index contributed by atoms with van der Waals surface area (Å²) in [7, 11) is 0. The van der Waals surface area contributed by atoms with Crippen LogP contribution in [0.3, 0.4) is 0 Å². The minimum Gasteiger partial charge on any atom is -0.456 e. The summed E-state index contributed by atoms with van der Waals surface area (Å²) in [6.45, 7) is 17.5. The van der Waals surface area contributed by atoms with E-state index in [1.54, 1.807) is 6.92 Å². The Labute approximate surface area is 170 Å². The van der Waals surface area contributed by atoms with Crippen molar-refractivity contribution in [3.8, 4) is 0 Å². The van der Waals surface area contributed by atoms with Crippen LogP contribution in [0.4, 0.5) is 0 Å². The highest BCUT2D eigenvalue weighted by atomic mass is 16.5. The van der Waals surface area contributed by atoms with Crippen LogP contribution in [-0.4, -0.2) is 43.2 Å². The SMILES string of the molecule is C=C(C)C(=O)OCC[N+](CCCCCC)(CCCCCC)CCCCCC. The van der Waals surface area contributed by atoms with E-state index in [-0.39, 0.29) is 5.97 Å². The summed E-state index contributed by atoms with van der Waals surface area (Å²) in [4.78, 5) is 11.8. The van der Waals surface area contributed by atoms with Gasteiger partial charge in [0.1, 0.15) is 13.2 Å². The molecular weight excluding hydrogens is 334 g/mol. The quantitative estimate of drug-likeness (QED) is 0.108. The molecule has 160 valence electrons. The first-order valence-electron chi connectivity index (χ1n) is 11.7. The van der Waals surface area contributed by atoms with Gasteiger partial charge in [0.25, 0.3) is 0 Å². The lowest BCUT2D eigenvalue weighted by atomic mass is 10.1. The van der Waals surface area contributed by atoms with E-state index in [0.717, 1.165) is 11.0 Å². The summed E-state index contributed by atoms with van der Waals surface area (Å²) in [6.07, 6.45) is 15.7. The lowest BCUT2D eigenvalue weighted by molar-refractivity contribution is -0.929. The average molecular weight is 383 g/mol. The second-order valence-electron chi connectivity index (χ2n) is 8.33. The number of ether oxygens (including phenoxy) is 1. The maximum absolute atomic E-state index is 11.8. The fourth-order valence-corrected chi connectivity index (χ4v) is 3.75. The van der Waals surface area contributed by atoms with Crippen molar-refractivity contribution in [1.82, 2.24) is 0 Å². The van der Waals surface area contributed by atoms with Gasteiger partial charge in [-0.3, -0.25) is 0 Å². The van der Waals surface area contributed by atoms with Gasteiger partial charge in [0.2, 0.25) is 0 Å². The molecule has 0 rings (SSSR count). The van der Waals surface area contributed by atoms with E-state index >= 15 is 0 Å². The lowest BCUT2D eigenvalue weighted by Crippen LogP contribution is -2.52. The standard InChI is InChI=1S/C24H48NO2/c1-6-9-12-15-18-25(19-16-13-10-7-2,20-17-14-11-8-3)21-22-27-24(26)23(4)5/h4,6-22H2,1-3,5H3/q+1. The number of carbonyl (C=O) groups is 1. The molecule has 0 saturated carbocycles. The van der Waals surface area contributed by atoms with Crippen LogP contribution >= 0.6 is 0 Å². The first kappa shape index (κ1) is 26.2. The predicted molar refractivity (Wildman–Crippen MR) is 118 cm³/mol. The van der Waals surface area contributed by atoms with Gasteiger partial charge in [-0.05, 0) is 45.4 Å². The van der Waals surface area contributed by atoms with E-state index in [4.69, 9.17) is 4.74 Å². The third-order valence-corrected chi connectivity index (χ3v) is 5.61. The number of quaternary nitrogens is 1. The molecule has 0 radical (unpaired) electrons. The molecule has 27 heavy (non-hydrogen) atoms. The van der Waals surface area contributed by atoms with Crippen molar-refractivity contribution < 1.29 is 14.0 Å². The molecule has 0 N–H and O–H groups in total. The van der Waals surface area contributed by atoms with Gasteiger partial charge < -0.3 is 9.22 Å². The van der Waals surface area contributed by atoms with Gasteiger partial charge in [0.05, 0.1) is 19.6 Å². The molecule has 0 aliphatic rings. The van der Waals surface area contributed by atoms with Crippen LogP contribution in [-0.2, 0) is 9.53 Å². The monoisotopic (exact) mass is 382 g/mol. The van der Waals surface area contributed by atoms with Gasteiger partial charge in [-0.2, -0.15) is 0 Å². The fraction of sp³-hybridized carbons (Fsp3) is 0.875. The van der Waals surface area contributed by atoms with Crippen molar-refractivity contribution in [2.75, 3.05) is 32.8 Å². The summed E-state index contributed by atoms with van der Waals surface area (Å²) in [6, 6.07) is 0. The largest absolute Gasteiger partial charge is 0.456 e. The second kappa shape index (κ2) is 17.3. The number of esters is 1. The molecule has 0 aromatic carbocycles. The molecule has 0 saturated heterocycles. The van der Waals surface area contributed by atoms with Crippen LogP contribution in [0, 0.1) is 0 Å². The van der Waals surface area contributed by atoms with E-state index < -0.39 is 0 Å². The highest BCUT2D eigenvalue weighted by molar-refractivity contribution is 5.86. The van der Waals surface area contributed by atoms with Gasteiger partial charge in [-0.15, -0.1) is 0 Å². The van der Waals surface area contributed by atoms with E-state index in [0.29, 0.717) is 12.2 Å². The summed E-state index contributed by atoms with van der Waals surface area (Å²) >= 11 is 0. The normalized spacial score (nSPS) is 11.6. The van der Waals surface area contributed by atoms with Crippen LogP contribution in [0.2, 0.25) is 0 Å². The molecule has 0 aromatic heterocycles. The van der Waals surface area contributed by atoms with Crippen molar-refractivity contribution in [2.45, 2.75) is 105 Å². The number of hydrogen-bond donors (Lipinski definition) is 0. The number of nitrogens with zero attached hydrogens (tertiary/aromatic N) is 1. The number of hydrogen-bond acceptors (Lipinski definition) is 2. The van der Waals surface area contributed by atoms with Crippen molar-refractivity contribution >= 4 is 5.97 Å². The summed E-state index contributed by atoms with van der Waals surface area (Å²) in [5.41, 5.74) is 0.502. The first-order valence-corrected chi connectivity index (χ1v) is 11.7. The third-order valence-electron chi connectivity index (χ3n) is 5.61. The fourth-order valence-electron chi connectivity index (χ4n) is 3.75. The Morgan fingerprint density at radius 2 is 1.11 bits per heavy atom. The summed E-state index contributed by atoms with van der Waals surface area (Å²) in [5, 5.41) is 0. The van der Waals surface area contributed by atoms with Crippen molar-refractivity contribution in [3.63, 3.8) is 0 Å². The number of carbonyl (C=O) groups excluding carboxylic acids is 1. The van der Waals surface area contributed by atoms with E-state index in [2.05, 4.69) is 27.4 Å². The Morgan fingerprint density at radius 1 is 0.704 bits per heavy atom. The molecule has 0 amide bonds. The number of unbranched alkanes of at least 4 members (excludes halogenated alkanes) is 9.